The van der Waals surface area contributed by atoms with Gasteiger partial charge in [0.2, 0.25) is 5.78 Å². The summed E-state index contributed by atoms with van der Waals surface area (Å²) in [5.74, 6) is -0.266. The van der Waals surface area contributed by atoms with Crippen molar-refractivity contribution in [2.75, 3.05) is 20.1 Å². The van der Waals surface area contributed by atoms with Crippen LogP contribution in [0.5, 0.6) is 0 Å². The summed E-state index contributed by atoms with van der Waals surface area (Å²) in [6.07, 6.45) is 0.766. The number of aryl methyl sites for hydroxylation is 2. The van der Waals surface area contributed by atoms with Crippen LogP contribution in [0.25, 0.3) is 0 Å². The molecule has 0 radical (unpaired) electrons. The molecule has 1 heterocycles. The molecule has 6 heteroatoms. The normalized spacial score (nSPS) is 12.7. The minimum absolute atomic E-state index is 0.0344. The largest absolute Gasteiger partial charge is 0.348 e. The minimum atomic E-state index is -0.281. The van der Waals surface area contributed by atoms with Crippen LogP contribution in [-0.2, 0) is 17.8 Å². The third-order valence-electron chi connectivity index (χ3n) is 4.85. The first kappa shape index (κ1) is 22.8. The van der Waals surface area contributed by atoms with Gasteiger partial charge in [-0.15, -0.1) is 0 Å². The molecule has 0 aliphatic heterocycles. The number of amides is 1. The molecule has 2 N–H and O–H groups in total. The van der Waals surface area contributed by atoms with Crippen LogP contribution in [0.3, 0.4) is 0 Å². The number of aromatic nitrogens is 1. The molecule has 1 unspecified atom stereocenters. The Kier molecular flexibility index (Phi) is 7.36. The lowest BCUT2D eigenvalue weighted by Gasteiger charge is -2.21. The number of likely N-dealkylation sites (N-methyl/N-ethyl adjacent to an activating group) is 1. The van der Waals surface area contributed by atoms with Crippen molar-refractivity contribution >= 4 is 11.7 Å². The number of rotatable bonds is 8. The second kappa shape index (κ2) is 9.35. The lowest BCUT2D eigenvalue weighted by atomic mass is 10.1. The Hall–Kier alpha value is -2.47. The van der Waals surface area contributed by atoms with Gasteiger partial charge in [0.1, 0.15) is 12.4 Å². The number of nitrogens with one attached hydrogen (secondary N) is 2. The van der Waals surface area contributed by atoms with E-state index in [1.807, 2.05) is 47.7 Å². The quantitative estimate of drug-likeness (QED) is 0.665. The molecular formula is C23H33FN3O2+. The zero-order valence-corrected chi connectivity index (χ0v) is 18.4. The standard InChI is InChI=1S/C23H32FN3O2/c1-16-13-20(21(28)14-26(6)15-22(29)25-23(3,4)5)17(2)27(16)12-11-18-7-9-19(24)10-8-18/h7-10,13H,11-12,14-15H2,1-6H3,(H,25,29)/p+1. The molecule has 0 fully saturated rings. The highest BCUT2D eigenvalue weighted by molar-refractivity contribution is 5.98. The van der Waals surface area contributed by atoms with Crippen molar-refractivity contribution in [2.45, 2.75) is 53.1 Å². The summed E-state index contributed by atoms with van der Waals surface area (Å²) < 4.78 is 15.2. The van der Waals surface area contributed by atoms with Gasteiger partial charge in [-0.05, 0) is 64.8 Å². The topological polar surface area (TPSA) is 55.5 Å². The van der Waals surface area contributed by atoms with Gasteiger partial charge >= 0.3 is 0 Å². The fourth-order valence-corrected chi connectivity index (χ4v) is 3.49. The fraction of sp³-hybridized carbons (Fsp3) is 0.478. The van der Waals surface area contributed by atoms with Gasteiger partial charge in [-0.2, -0.15) is 0 Å². The maximum Gasteiger partial charge on any atom is 0.275 e. The Labute approximate surface area is 172 Å². The molecule has 2 rings (SSSR count). The number of halogens is 1. The first-order chi connectivity index (χ1) is 13.5. The van der Waals surface area contributed by atoms with Gasteiger partial charge in [0, 0.05) is 29.0 Å². The van der Waals surface area contributed by atoms with Crippen molar-refractivity contribution in [3.63, 3.8) is 0 Å². The zero-order valence-electron chi connectivity index (χ0n) is 18.4. The summed E-state index contributed by atoms with van der Waals surface area (Å²) in [7, 11) is 1.86. The van der Waals surface area contributed by atoms with Crippen molar-refractivity contribution in [1.29, 1.82) is 0 Å². The number of carbonyl (C=O) groups is 2. The second-order valence-electron chi connectivity index (χ2n) is 8.84. The van der Waals surface area contributed by atoms with Gasteiger partial charge in [0.15, 0.2) is 6.54 Å². The van der Waals surface area contributed by atoms with Crippen molar-refractivity contribution in [2.24, 2.45) is 0 Å². The van der Waals surface area contributed by atoms with Gasteiger partial charge in [0.05, 0.1) is 7.05 Å². The van der Waals surface area contributed by atoms with Crippen LogP contribution < -0.4 is 10.2 Å². The number of hydrogen-bond acceptors (Lipinski definition) is 2. The van der Waals surface area contributed by atoms with E-state index in [0.29, 0.717) is 5.56 Å². The number of Topliss-reactive ketones (excluding diaryl/α,β-unsaturated/α-hetero) is 1. The summed E-state index contributed by atoms with van der Waals surface area (Å²) in [5.41, 5.74) is 3.44. The van der Waals surface area contributed by atoms with E-state index in [9.17, 15) is 14.0 Å². The van der Waals surface area contributed by atoms with Gasteiger partial charge < -0.3 is 14.8 Å². The van der Waals surface area contributed by atoms with Crippen LogP contribution in [-0.4, -0.2) is 41.9 Å². The molecule has 0 saturated carbocycles. The van der Waals surface area contributed by atoms with Crippen LogP contribution in [0.1, 0.15) is 48.1 Å². The predicted octanol–water partition coefficient (Wildman–Crippen LogP) is 2.10. The third-order valence-corrected chi connectivity index (χ3v) is 4.85. The molecular weight excluding hydrogens is 369 g/mol. The average molecular weight is 403 g/mol. The number of hydrogen-bond donors (Lipinski definition) is 2. The molecule has 0 bridgehead atoms. The summed E-state index contributed by atoms with van der Waals surface area (Å²) in [5, 5.41) is 2.92. The highest BCUT2D eigenvalue weighted by atomic mass is 19.1. The van der Waals surface area contributed by atoms with Gasteiger partial charge in [-0.3, -0.25) is 9.59 Å². The molecule has 0 spiro atoms. The van der Waals surface area contributed by atoms with E-state index in [4.69, 9.17) is 0 Å². The van der Waals surface area contributed by atoms with E-state index in [0.717, 1.165) is 34.8 Å². The summed E-state index contributed by atoms with van der Waals surface area (Å²) >= 11 is 0. The lowest BCUT2D eigenvalue weighted by Crippen LogP contribution is -3.11. The second-order valence-corrected chi connectivity index (χ2v) is 8.84. The van der Waals surface area contributed by atoms with Crippen molar-refractivity contribution in [1.82, 2.24) is 9.88 Å². The SMILES string of the molecule is Cc1cc(C(=O)C[NH+](C)CC(=O)NC(C)(C)C)c(C)n1CCc1ccc(F)cc1. The number of benzene rings is 1. The number of nitrogens with zero attached hydrogens (tertiary/aromatic N) is 1. The summed E-state index contributed by atoms with van der Waals surface area (Å²) in [6.45, 7) is 11.0. The molecule has 1 atom stereocenters. The van der Waals surface area contributed by atoms with E-state index in [-0.39, 0.29) is 36.1 Å². The molecule has 29 heavy (non-hydrogen) atoms. The smallest absolute Gasteiger partial charge is 0.275 e. The maximum absolute atomic E-state index is 13.1. The monoisotopic (exact) mass is 402 g/mol. The van der Waals surface area contributed by atoms with Gasteiger partial charge in [0.25, 0.3) is 5.91 Å². The third kappa shape index (κ3) is 6.82. The molecule has 158 valence electrons. The molecule has 5 nitrogen and oxygen atoms in total. The fourth-order valence-electron chi connectivity index (χ4n) is 3.49. The van der Waals surface area contributed by atoms with Gasteiger partial charge in [-0.1, -0.05) is 12.1 Å². The van der Waals surface area contributed by atoms with E-state index in [2.05, 4.69) is 9.88 Å². The highest BCUT2D eigenvalue weighted by Gasteiger charge is 2.22. The number of ketones is 1. The van der Waals surface area contributed by atoms with Crippen LogP contribution >= 0.6 is 0 Å². The van der Waals surface area contributed by atoms with E-state index in [1.165, 1.54) is 12.1 Å². The number of quaternary nitrogens is 1. The predicted molar refractivity (Wildman–Crippen MR) is 113 cm³/mol. The minimum Gasteiger partial charge on any atom is -0.348 e. The first-order valence-corrected chi connectivity index (χ1v) is 10.0. The van der Waals surface area contributed by atoms with Crippen LogP contribution in [0, 0.1) is 19.7 Å². The Balaban J connectivity index is 1.99. The molecule has 0 saturated heterocycles. The molecule has 1 aromatic carbocycles. The van der Waals surface area contributed by atoms with Crippen molar-refractivity contribution in [3.8, 4) is 0 Å². The van der Waals surface area contributed by atoms with Crippen LogP contribution in [0.2, 0.25) is 0 Å². The molecule has 0 aliphatic rings. The molecule has 1 amide bonds. The molecule has 2 aromatic rings. The Morgan fingerprint density at radius 1 is 1.10 bits per heavy atom. The van der Waals surface area contributed by atoms with E-state index < -0.39 is 0 Å². The molecule has 1 aromatic heterocycles. The van der Waals surface area contributed by atoms with Crippen molar-refractivity contribution < 1.29 is 18.9 Å². The average Bonchev–Trinajstić information content (AvgIpc) is 2.87. The highest BCUT2D eigenvalue weighted by Crippen LogP contribution is 2.16. The summed E-state index contributed by atoms with van der Waals surface area (Å²) in [6, 6.07) is 8.43. The molecule has 0 aliphatic carbocycles. The van der Waals surface area contributed by atoms with E-state index >= 15 is 0 Å². The van der Waals surface area contributed by atoms with Crippen LogP contribution in [0.15, 0.2) is 30.3 Å². The van der Waals surface area contributed by atoms with Crippen LogP contribution in [0.4, 0.5) is 4.39 Å². The zero-order chi connectivity index (χ0) is 21.8. The maximum atomic E-state index is 13.1. The lowest BCUT2D eigenvalue weighted by molar-refractivity contribution is -0.862. The number of carbonyl (C=O) groups excluding carboxylic acids is 2. The Bertz CT molecular complexity index is 863. The van der Waals surface area contributed by atoms with Gasteiger partial charge in [-0.25, -0.2) is 4.39 Å². The Morgan fingerprint density at radius 2 is 1.72 bits per heavy atom. The first-order valence-electron chi connectivity index (χ1n) is 10.0. The van der Waals surface area contributed by atoms with Crippen molar-refractivity contribution in [3.05, 3.63) is 58.7 Å². The summed E-state index contributed by atoms with van der Waals surface area (Å²) in [4.78, 5) is 25.7. The Morgan fingerprint density at radius 3 is 2.31 bits per heavy atom. The van der Waals surface area contributed by atoms with E-state index in [1.54, 1.807) is 12.1 Å².